The molecule has 0 spiro atoms. The van der Waals surface area contributed by atoms with E-state index in [1.54, 1.807) is 11.8 Å². The summed E-state index contributed by atoms with van der Waals surface area (Å²) < 4.78 is 0. The number of aliphatic imine (C=N–C) groups is 1. The molecule has 0 saturated heterocycles. The predicted molar refractivity (Wildman–Crippen MR) is 86.0 cm³/mol. The van der Waals surface area contributed by atoms with Crippen molar-refractivity contribution in [1.82, 2.24) is 4.90 Å². The van der Waals surface area contributed by atoms with Crippen molar-refractivity contribution in [2.75, 3.05) is 26.2 Å². The molecule has 0 aliphatic carbocycles. The zero-order chi connectivity index (χ0) is 16.8. The summed E-state index contributed by atoms with van der Waals surface area (Å²) in [5.41, 5.74) is 0. The number of carboxylic acids is 1. The topological polar surface area (TPSA) is 96.2 Å². The number of carbonyl (C=O) groups is 1. The normalized spacial score (nSPS) is 13.3. The molecule has 7 heteroatoms. The van der Waals surface area contributed by atoms with Gasteiger partial charge in [-0.3, -0.25) is 9.69 Å². The Labute approximate surface area is 151 Å². The van der Waals surface area contributed by atoms with Gasteiger partial charge in [-0.05, 0) is 32.1 Å². The van der Waals surface area contributed by atoms with Crippen molar-refractivity contribution in [2.45, 2.75) is 52.0 Å². The van der Waals surface area contributed by atoms with Crippen LogP contribution in [0.2, 0.25) is 0 Å². The maximum atomic E-state index is 11.6. The number of rotatable bonds is 13. The Morgan fingerprint density at radius 2 is 2.00 bits per heavy atom. The molecule has 23 heavy (non-hydrogen) atoms. The van der Waals surface area contributed by atoms with E-state index in [9.17, 15) is 9.90 Å². The molecule has 128 valence electrons. The third kappa shape index (κ3) is 13.3. The van der Waals surface area contributed by atoms with Crippen molar-refractivity contribution >= 4 is 11.9 Å². The van der Waals surface area contributed by atoms with E-state index < -0.39 is 12.0 Å². The first-order valence-electron chi connectivity index (χ1n) is 7.96. The van der Waals surface area contributed by atoms with Crippen LogP contribution in [0.15, 0.2) is 17.1 Å². The number of aliphatic hydroxyl groups excluding tert-OH is 1. The van der Waals surface area contributed by atoms with Gasteiger partial charge in [0.2, 0.25) is 0 Å². The minimum atomic E-state index is -0.914. The quantitative estimate of drug-likeness (QED) is 0.135. The second-order valence-electron chi connectivity index (χ2n) is 5.22. The van der Waals surface area contributed by atoms with E-state index in [1.807, 2.05) is 12.2 Å². The van der Waals surface area contributed by atoms with Crippen LogP contribution in [0.25, 0.3) is 0 Å². The molecule has 0 aromatic rings. The first-order valence-corrected chi connectivity index (χ1v) is 7.96. The van der Waals surface area contributed by atoms with Gasteiger partial charge in [0.05, 0.1) is 6.54 Å². The summed E-state index contributed by atoms with van der Waals surface area (Å²) in [6, 6.07) is -0.647. The van der Waals surface area contributed by atoms with Gasteiger partial charge in [0, 0.05) is 19.7 Å². The van der Waals surface area contributed by atoms with E-state index in [0.29, 0.717) is 25.9 Å². The fourth-order valence-corrected chi connectivity index (χ4v) is 1.92. The molecular formula is C16H29LiN2O4. The maximum Gasteiger partial charge on any atom is 1.00 e. The van der Waals surface area contributed by atoms with Crippen LogP contribution in [-0.2, 0) is 4.79 Å². The summed E-state index contributed by atoms with van der Waals surface area (Å²) in [6.45, 7) is 4.89. The van der Waals surface area contributed by atoms with Gasteiger partial charge in [-0.15, -0.1) is 0 Å². The average Bonchev–Trinajstić information content (AvgIpc) is 2.49. The maximum absolute atomic E-state index is 11.6. The number of unbranched alkanes of at least 4 members (excludes halogenated alkanes) is 2. The van der Waals surface area contributed by atoms with Crippen molar-refractivity contribution in [3.63, 3.8) is 0 Å². The first-order chi connectivity index (χ1) is 10.5. The van der Waals surface area contributed by atoms with Gasteiger partial charge >= 0.3 is 24.8 Å². The molecule has 0 bridgehead atoms. The van der Waals surface area contributed by atoms with E-state index in [4.69, 9.17) is 10.2 Å². The van der Waals surface area contributed by atoms with Crippen molar-refractivity contribution in [3.8, 4) is 0 Å². The van der Waals surface area contributed by atoms with E-state index in [-0.39, 0.29) is 37.9 Å². The van der Waals surface area contributed by atoms with Crippen molar-refractivity contribution in [1.29, 1.82) is 0 Å². The summed E-state index contributed by atoms with van der Waals surface area (Å²) in [4.78, 5) is 16.7. The van der Waals surface area contributed by atoms with Crippen LogP contribution < -0.4 is 24.0 Å². The molecule has 0 saturated carbocycles. The first kappa shape index (κ1) is 24.4. The van der Waals surface area contributed by atoms with Crippen molar-refractivity contribution in [3.05, 3.63) is 12.2 Å². The molecule has 0 aliphatic heterocycles. The molecule has 1 atom stereocenters. The van der Waals surface area contributed by atoms with Gasteiger partial charge in [-0.2, -0.15) is 0 Å². The zero-order valence-corrected chi connectivity index (χ0v) is 14.7. The summed E-state index contributed by atoms with van der Waals surface area (Å²) >= 11 is 0. The van der Waals surface area contributed by atoms with Crippen molar-refractivity contribution < 1.29 is 39.0 Å². The number of nitrogens with zero attached hydrogens (tertiary/aromatic N) is 2. The van der Waals surface area contributed by atoms with Crippen LogP contribution in [0.3, 0.4) is 0 Å². The number of carboxylic acid groups (broad SMARTS) is 1. The van der Waals surface area contributed by atoms with E-state index in [0.717, 1.165) is 19.3 Å². The molecular weight excluding hydrogens is 291 g/mol. The van der Waals surface area contributed by atoms with Crippen LogP contribution in [-0.4, -0.2) is 59.3 Å². The minimum absolute atomic E-state index is 0. The Morgan fingerprint density at radius 1 is 1.30 bits per heavy atom. The number of aliphatic carboxylic acids is 1. The Balaban J connectivity index is 0. The summed E-state index contributed by atoms with van der Waals surface area (Å²) in [5, 5.41) is 29.5. The van der Waals surface area contributed by atoms with Gasteiger partial charge < -0.3 is 20.3 Å². The Morgan fingerprint density at radius 3 is 2.57 bits per heavy atom. The largest absolute Gasteiger partial charge is 1.00 e. The third-order valence-electron chi connectivity index (χ3n) is 3.37. The minimum Gasteiger partial charge on any atom is -0.862 e. The van der Waals surface area contributed by atoms with Crippen molar-refractivity contribution in [2.24, 2.45) is 4.99 Å². The van der Waals surface area contributed by atoms with Gasteiger partial charge in [0.25, 0.3) is 0 Å². The molecule has 0 aromatic heterocycles. The van der Waals surface area contributed by atoms with Gasteiger partial charge in [0.1, 0.15) is 6.04 Å². The molecule has 0 aromatic carbocycles. The molecule has 0 rings (SSSR count). The molecule has 0 aliphatic rings. The van der Waals surface area contributed by atoms with E-state index >= 15 is 0 Å². The molecule has 0 amide bonds. The van der Waals surface area contributed by atoms with Crippen LogP contribution >= 0.6 is 0 Å². The zero-order valence-electron chi connectivity index (χ0n) is 14.7. The van der Waals surface area contributed by atoms with Gasteiger partial charge in [0.15, 0.2) is 0 Å². The number of aliphatic hydroxyl groups is 1. The second-order valence-corrected chi connectivity index (χ2v) is 5.22. The SMILES string of the molecule is CCCC/C=C/CC([O-])=NCCN(CCCO)C(C)C(=O)O.[Li+]. The standard InChI is InChI=1S/C16H30N2O4.Li/c1-3-4-5-6-7-9-15(20)17-10-12-18(11-8-13-19)14(2)16(21)22;/h6-7,14,19H,3-5,8-13H2,1-2H3,(H,17,20)(H,21,22);/q;+1/p-1/b7-6+;. The van der Waals surface area contributed by atoms with Gasteiger partial charge in [-0.1, -0.05) is 31.9 Å². The summed E-state index contributed by atoms with van der Waals surface area (Å²) in [7, 11) is 0. The number of allylic oxidation sites excluding steroid dienone is 1. The summed E-state index contributed by atoms with van der Waals surface area (Å²) in [6.07, 6.45) is 7.88. The Kier molecular flexibility index (Phi) is 17.1. The fourth-order valence-electron chi connectivity index (χ4n) is 1.92. The van der Waals surface area contributed by atoms with Crippen LogP contribution in [0.4, 0.5) is 0 Å². The van der Waals surface area contributed by atoms with E-state index in [1.165, 1.54) is 0 Å². The Hall–Kier alpha value is -0.803. The van der Waals surface area contributed by atoms with Crippen LogP contribution in [0, 0.1) is 0 Å². The molecule has 0 heterocycles. The predicted octanol–water partition coefficient (Wildman–Crippen LogP) is -1.96. The fraction of sp³-hybridized carbons (Fsp3) is 0.750. The second kappa shape index (κ2) is 16.1. The van der Waals surface area contributed by atoms with E-state index in [2.05, 4.69) is 11.9 Å². The van der Waals surface area contributed by atoms with Crippen LogP contribution in [0.1, 0.15) is 46.0 Å². The average molecular weight is 320 g/mol. The van der Waals surface area contributed by atoms with Gasteiger partial charge in [-0.25, -0.2) is 0 Å². The number of hydrogen-bond donors (Lipinski definition) is 2. The molecule has 6 nitrogen and oxygen atoms in total. The number of hydrogen-bond acceptors (Lipinski definition) is 5. The molecule has 2 N–H and O–H groups in total. The molecule has 1 unspecified atom stereocenters. The third-order valence-corrected chi connectivity index (χ3v) is 3.37. The molecule has 0 radical (unpaired) electrons. The smallest absolute Gasteiger partial charge is 0.862 e. The monoisotopic (exact) mass is 320 g/mol. The summed E-state index contributed by atoms with van der Waals surface area (Å²) in [5.74, 6) is -1.10. The van der Waals surface area contributed by atoms with Crippen LogP contribution in [0.5, 0.6) is 0 Å². The Bertz CT molecular complexity index is 362. The molecule has 0 fully saturated rings.